The van der Waals surface area contributed by atoms with Gasteiger partial charge in [-0.1, -0.05) is 12.1 Å². The zero-order valence-corrected chi connectivity index (χ0v) is 14.9. The maximum atomic E-state index is 13.1. The van der Waals surface area contributed by atoms with Gasteiger partial charge in [0.2, 0.25) is 17.7 Å². The van der Waals surface area contributed by atoms with Crippen molar-refractivity contribution < 1.29 is 13.6 Å². The van der Waals surface area contributed by atoms with Crippen LogP contribution in [0.2, 0.25) is 0 Å². The first-order chi connectivity index (χ1) is 12.7. The minimum Gasteiger partial charge on any atom is -0.421 e. The summed E-state index contributed by atoms with van der Waals surface area (Å²) in [6, 6.07) is 8.51. The number of carbonyl (C=O) groups is 1. The van der Waals surface area contributed by atoms with Gasteiger partial charge in [-0.05, 0) is 42.0 Å². The molecule has 0 radical (unpaired) electrons. The van der Waals surface area contributed by atoms with Crippen LogP contribution in [0.1, 0.15) is 30.7 Å². The minimum absolute atomic E-state index is 0.0621. The van der Waals surface area contributed by atoms with Gasteiger partial charge in [0.15, 0.2) is 0 Å². The van der Waals surface area contributed by atoms with E-state index < -0.39 is 0 Å². The third kappa shape index (κ3) is 3.99. The van der Waals surface area contributed by atoms with Crippen LogP contribution in [0.15, 0.2) is 45.5 Å². The Balaban J connectivity index is 1.37. The topological polar surface area (TPSA) is 59.2 Å². The highest BCUT2D eigenvalue weighted by Gasteiger charge is 2.32. The predicted octanol–water partition coefficient (Wildman–Crippen LogP) is 4.06. The second-order valence-electron chi connectivity index (χ2n) is 6.39. The van der Waals surface area contributed by atoms with Gasteiger partial charge in [-0.25, -0.2) is 4.39 Å². The van der Waals surface area contributed by atoms with E-state index in [0.717, 1.165) is 24.0 Å². The van der Waals surface area contributed by atoms with Crippen LogP contribution in [-0.2, 0) is 17.8 Å². The van der Waals surface area contributed by atoms with E-state index in [1.54, 1.807) is 23.5 Å². The molecule has 134 valence electrons. The van der Waals surface area contributed by atoms with Crippen LogP contribution in [-0.4, -0.2) is 27.0 Å². The number of benzene rings is 1. The van der Waals surface area contributed by atoms with Crippen molar-refractivity contribution in [2.75, 3.05) is 0 Å². The molecule has 2 heterocycles. The Morgan fingerprint density at radius 1 is 1.23 bits per heavy atom. The van der Waals surface area contributed by atoms with E-state index in [-0.39, 0.29) is 17.8 Å². The second-order valence-corrected chi connectivity index (χ2v) is 7.17. The SMILES string of the molecule is O=C(CCc1nnc(-c2ccsc2)o1)N(Cc1ccc(F)cc1)C1CC1. The largest absolute Gasteiger partial charge is 0.421 e. The first-order valence-corrected chi connectivity index (χ1v) is 9.52. The fourth-order valence-electron chi connectivity index (χ4n) is 2.81. The van der Waals surface area contributed by atoms with Gasteiger partial charge in [-0.2, -0.15) is 11.3 Å². The summed E-state index contributed by atoms with van der Waals surface area (Å²) in [6.07, 6.45) is 2.79. The maximum Gasteiger partial charge on any atom is 0.248 e. The number of thiophene rings is 1. The molecule has 1 amide bonds. The minimum atomic E-state index is -0.268. The van der Waals surface area contributed by atoms with Crippen molar-refractivity contribution >= 4 is 17.2 Å². The lowest BCUT2D eigenvalue weighted by Gasteiger charge is -2.22. The lowest BCUT2D eigenvalue weighted by Crippen LogP contribution is -2.32. The molecule has 2 aromatic heterocycles. The number of aromatic nitrogens is 2. The Hall–Kier alpha value is -2.54. The van der Waals surface area contributed by atoms with Gasteiger partial charge >= 0.3 is 0 Å². The van der Waals surface area contributed by atoms with Crippen LogP contribution in [0.5, 0.6) is 0 Å². The molecular formula is C19H18FN3O2S. The molecule has 1 aliphatic carbocycles. The zero-order chi connectivity index (χ0) is 17.9. The highest BCUT2D eigenvalue weighted by molar-refractivity contribution is 7.08. The van der Waals surface area contributed by atoms with Crippen LogP contribution < -0.4 is 0 Å². The van der Waals surface area contributed by atoms with Gasteiger partial charge in [0.1, 0.15) is 5.82 Å². The normalized spacial score (nSPS) is 13.7. The van der Waals surface area contributed by atoms with Crippen LogP contribution in [0.4, 0.5) is 4.39 Å². The van der Waals surface area contributed by atoms with Gasteiger partial charge < -0.3 is 9.32 Å². The molecule has 0 saturated heterocycles. The summed E-state index contributed by atoms with van der Waals surface area (Å²) < 4.78 is 18.7. The van der Waals surface area contributed by atoms with E-state index >= 15 is 0 Å². The molecule has 1 fully saturated rings. The lowest BCUT2D eigenvalue weighted by molar-refractivity contribution is -0.132. The van der Waals surface area contributed by atoms with Gasteiger partial charge in [0, 0.05) is 36.4 Å². The summed E-state index contributed by atoms with van der Waals surface area (Å²) in [5.41, 5.74) is 1.83. The van der Waals surface area contributed by atoms with Gasteiger partial charge in [0.05, 0.1) is 0 Å². The average Bonchev–Trinajstić information content (AvgIpc) is 3.14. The maximum absolute atomic E-state index is 13.1. The van der Waals surface area contributed by atoms with E-state index in [0.29, 0.717) is 31.2 Å². The molecule has 0 N–H and O–H groups in total. The number of carbonyl (C=O) groups excluding carboxylic acids is 1. The Morgan fingerprint density at radius 3 is 2.73 bits per heavy atom. The second kappa shape index (κ2) is 7.37. The number of hydrogen-bond donors (Lipinski definition) is 0. The van der Waals surface area contributed by atoms with Crippen LogP contribution in [0.3, 0.4) is 0 Å². The molecule has 0 spiro atoms. The third-order valence-corrected chi connectivity index (χ3v) is 5.05. The van der Waals surface area contributed by atoms with Gasteiger partial charge in [-0.15, -0.1) is 10.2 Å². The van der Waals surface area contributed by atoms with Crippen molar-refractivity contribution in [2.45, 2.75) is 38.3 Å². The predicted molar refractivity (Wildman–Crippen MR) is 95.9 cm³/mol. The number of nitrogens with zero attached hydrogens (tertiary/aromatic N) is 3. The van der Waals surface area contributed by atoms with Crippen molar-refractivity contribution in [1.29, 1.82) is 0 Å². The van der Waals surface area contributed by atoms with E-state index in [9.17, 15) is 9.18 Å². The number of aryl methyl sites for hydroxylation is 1. The van der Waals surface area contributed by atoms with E-state index in [1.807, 2.05) is 21.7 Å². The Morgan fingerprint density at radius 2 is 2.04 bits per heavy atom. The summed E-state index contributed by atoms with van der Waals surface area (Å²) in [7, 11) is 0. The van der Waals surface area contributed by atoms with E-state index in [2.05, 4.69) is 10.2 Å². The summed E-state index contributed by atoms with van der Waals surface area (Å²) in [5, 5.41) is 12.0. The fraction of sp³-hybridized carbons (Fsp3) is 0.316. The summed E-state index contributed by atoms with van der Waals surface area (Å²) in [4.78, 5) is 14.5. The Bertz CT molecular complexity index is 873. The summed E-state index contributed by atoms with van der Waals surface area (Å²) in [6.45, 7) is 0.508. The smallest absolute Gasteiger partial charge is 0.248 e. The number of hydrogen-bond acceptors (Lipinski definition) is 5. The number of rotatable bonds is 7. The summed E-state index contributed by atoms with van der Waals surface area (Å²) >= 11 is 1.57. The lowest BCUT2D eigenvalue weighted by atomic mass is 10.2. The van der Waals surface area contributed by atoms with Crippen LogP contribution in [0.25, 0.3) is 11.5 Å². The molecule has 0 atom stereocenters. The van der Waals surface area contributed by atoms with E-state index in [4.69, 9.17) is 4.42 Å². The molecule has 0 unspecified atom stereocenters. The molecule has 7 heteroatoms. The first kappa shape index (κ1) is 16.9. The van der Waals surface area contributed by atoms with Gasteiger partial charge in [-0.3, -0.25) is 4.79 Å². The van der Waals surface area contributed by atoms with Gasteiger partial charge in [0.25, 0.3) is 0 Å². The molecule has 3 aromatic rings. The van der Waals surface area contributed by atoms with E-state index in [1.165, 1.54) is 12.1 Å². The number of amides is 1. The molecule has 1 saturated carbocycles. The molecule has 5 nitrogen and oxygen atoms in total. The highest BCUT2D eigenvalue weighted by atomic mass is 32.1. The standard InChI is InChI=1S/C19H18FN3O2S/c20-15-3-1-13(2-4-15)11-23(16-5-6-16)18(24)8-7-17-21-22-19(25-17)14-9-10-26-12-14/h1-4,9-10,12,16H,5-8,11H2. The highest BCUT2D eigenvalue weighted by Crippen LogP contribution is 2.29. The zero-order valence-electron chi connectivity index (χ0n) is 14.1. The average molecular weight is 371 g/mol. The van der Waals surface area contributed by atoms with Crippen molar-refractivity contribution in [3.8, 4) is 11.5 Å². The molecule has 1 aliphatic rings. The van der Waals surface area contributed by atoms with Crippen molar-refractivity contribution in [3.63, 3.8) is 0 Å². The third-order valence-electron chi connectivity index (χ3n) is 4.36. The Labute approximate surface area is 154 Å². The Kier molecular flexibility index (Phi) is 4.79. The molecule has 26 heavy (non-hydrogen) atoms. The van der Waals surface area contributed by atoms with Crippen LogP contribution >= 0.6 is 11.3 Å². The van der Waals surface area contributed by atoms with Crippen molar-refractivity contribution in [3.05, 3.63) is 58.4 Å². The van der Waals surface area contributed by atoms with Crippen LogP contribution in [0, 0.1) is 5.82 Å². The monoisotopic (exact) mass is 371 g/mol. The molecule has 0 aliphatic heterocycles. The van der Waals surface area contributed by atoms with Crippen molar-refractivity contribution in [1.82, 2.24) is 15.1 Å². The molecule has 0 bridgehead atoms. The first-order valence-electron chi connectivity index (χ1n) is 8.58. The summed E-state index contributed by atoms with van der Waals surface area (Å²) in [5.74, 6) is 0.749. The van der Waals surface area contributed by atoms with Crippen molar-refractivity contribution in [2.24, 2.45) is 0 Å². The fourth-order valence-corrected chi connectivity index (χ4v) is 3.44. The molecule has 4 rings (SSSR count). The quantitative estimate of drug-likeness (QED) is 0.628. The molecule has 1 aromatic carbocycles. The molecular weight excluding hydrogens is 353 g/mol. The number of halogens is 1.